The molecule has 0 saturated heterocycles. The standard InChI is InChI=1S/C14H13Cl2FN4O2/c1-6(22)23-14-9(16)12(18)19-13(20-14)7-4-5-8(15)11(10(7)17)21(2)3/h4-5H,1-3H3,(H2,18,19,20). The number of halogens is 3. The fraction of sp³-hybridized carbons (Fsp3) is 0.214. The van der Waals surface area contributed by atoms with Gasteiger partial charge in [-0.3, -0.25) is 4.79 Å². The Kier molecular flexibility index (Phi) is 4.91. The summed E-state index contributed by atoms with van der Waals surface area (Å²) in [6.45, 7) is 1.18. The molecule has 0 atom stereocenters. The van der Waals surface area contributed by atoms with Gasteiger partial charge in [0.25, 0.3) is 0 Å². The second-order valence-electron chi connectivity index (χ2n) is 4.80. The number of hydrogen-bond acceptors (Lipinski definition) is 6. The Bertz CT molecular complexity index is 784. The molecule has 122 valence electrons. The third-order valence-electron chi connectivity index (χ3n) is 2.84. The molecule has 0 radical (unpaired) electrons. The summed E-state index contributed by atoms with van der Waals surface area (Å²) in [5.74, 6) is -1.70. The summed E-state index contributed by atoms with van der Waals surface area (Å²) in [6.07, 6.45) is 0. The van der Waals surface area contributed by atoms with Gasteiger partial charge < -0.3 is 15.4 Å². The molecule has 0 unspecified atom stereocenters. The summed E-state index contributed by atoms with van der Waals surface area (Å²) in [5.41, 5.74) is 5.91. The van der Waals surface area contributed by atoms with Crippen LogP contribution in [0, 0.1) is 5.82 Å². The molecule has 0 fully saturated rings. The molecule has 1 aromatic heterocycles. The summed E-state index contributed by atoms with van der Waals surface area (Å²) in [6, 6.07) is 2.92. The number of benzene rings is 1. The molecule has 0 aliphatic carbocycles. The second-order valence-corrected chi connectivity index (χ2v) is 5.58. The van der Waals surface area contributed by atoms with E-state index in [2.05, 4.69) is 9.97 Å². The fourth-order valence-electron chi connectivity index (χ4n) is 1.89. The molecule has 0 bridgehead atoms. The minimum Gasteiger partial charge on any atom is -0.406 e. The van der Waals surface area contributed by atoms with Gasteiger partial charge in [-0.25, -0.2) is 9.37 Å². The molecule has 0 aliphatic rings. The van der Waals surface area contributed by atoms with Crippen LogP contribution in [0.25, 0.3) is 11.4 Å². The number of aromatic nitrogens is 2. The van der Waals surface area contributed by atoms with Crippen LogP contribution in [0.3, 0.4) is 0 Å². The molecule has 23 heavy (non-hydrogen) atoms. The highest BCUT2D eigenvalue weighted by atomic mass is 35.5. The van der Waals surface area contributed by atoms with Crippen molar-refractivity contribution in [2.24, 2.45) is 0 Å². The number of nitrogens with zero attached hydrogens (tertiary/aromatic N) is 3. The van der Waals surface area contributed by atoms with Crippen molar-refractivity contribution in [3.8, 4) is 17.3 Å². The van der Waals surface area contributed by atoms with Gasteiger partial charge in [0, 0.05) is 21.0 Å². The maximum absolute atomic E-state index is 14.7. The lowest BCUT2D eigenvalue weighted by molar-refractivity contribution is -0.132. The third-order valence-corrected chi connectivity index (χ3v) is 3.50. The first-order valence-electron chi connectivity index (χ1n) is 6.39. The molecular formula is C14H13Cl2FN4O2. The average molecular weight is 359 g/mol. The number of nitrogens with two attached hydrogens (primary N) is 1. The lowest BCUT2D eigenvalue weighted by Gasteiger charge is -2.17. The minimum absolute atomic E-state index is 0.0508. The predicted molar refractivity (Wildman–Crippen MR) is 87.5 cm³/mol. The van der Waals surface area contributed by atoms with Gasteiger partial charge >= 0.3 is 5.97 Å². The highest BCUT2D eigenvalue weighted by Crippen LogP contribution is 2.36. The molecule has 0 spiro atoms. The molecule has 2 aromatic rings. The van der Waals surface area contributed by atoms with Gasteiger partial charge in [0.1, 0.15) is 10.8 Å². The zero-order valence-corrected chi connectivity index (χ0v) is 14.0. The topological polar surface area (TPSA) is 81.3 Å². The summed E-state index contributed by atoms with van der Waals surface area (Å²) >= 11 is 11.9. The monoisotopic (exact) mass is 358 g/mol. The summed E-state index contributed by atoms with van der Waals surface area (Å²) < 4.78 is 19.6. The molecule has 0 saturated carbocycles. The number of hydrogen-bond donors (Lipinski definition) is 1. The first-order chi connectivity index (χ1) is 10.7. The van der Waals surface area contributed by atoms with Crippen LogP contribution in [0.4, 0.5) is 15.9 Å². The van der Waals surface area contributed by atoms with Crippen LogP contribution in [0.5, 0.6) is 5.88 Å². The van der Waals surface area contributed by atoms with Crippen molar-refractivity contribution in [3.63, 3.8) is 0 Å². The maximum atomic E-state index is 14.7. The largest absolute Gasteiger partial charge is 0.406 e. The maximum Gasteiger partial charge on any atom is 0.309 e. The van der Waals surface area contributed by atoms with Gasteiger partial charge in [-0.2, -0.15) is 4.98 Å². The van der Waals surface area contributed by atoms with Crippen molar-refractivity contribution in [3.05, 3.63) is 28.0 Å². The number of carbonyl (C=O) groups is 1. The van der Waals surface area contributed by atoms with Crippen LogP contribution in [-0.2, 0) is 4.79 Å². The van der Waals surface area contributed by atoms with E-state index >= 15 is 0 Å². The van der Waals surface area contributed by atoms with E-state index in [-0.39, 0.29) is 38.8 Å². The molecule has 1 aromatic carbocycles. The quantitative estimate of drug-likeness (QED) is 0.848. The van der Waals surface area contributed by atoms with Crippen LogP contribution >= 0.6 is 23.2 Å². The highest BCUT2D eigenvalue weighted by molar-refractivity contribution is 6.34. The van der Waals surface area contributed by atoms with E-state index in [1.54, 1.807) is 14.1 Å². The van der Waals surface area contributed by atoms with E-state index in [1.807, 2.05) is 0 Å². The van der Waals surface area contributed by atoms with E-state index < -0.39 is 11.8 Å². The number of carbonyl (C=O) groups excluding carboxylic acids is 1. The third kappa shape index (κ3) is 3.46. The van der Waals surface area contributed by atoms with Crippen molar-refractivity contribution >= 4 is 40.7 Å². The Morgan fingerprint density at radius 1 is 1.30 bits per heavy atom. The lowest BCUT2D eigenvalue weighted by Crippen LogP contribution is -2.12. The van der Waals surface area contributed by atoms with E-state index in [9.17, 15) is 9.18 Å². The van der Waals surface area contributed by atoms with E-state index in [0.29, 0.717) is 0 Å². The van der Waals surface area contributed by atoms with E-state index in [4.69, 9.17) is 33.7 Å². The van der Waals surface area contributed by atoms with Crippen molar-refractivity contribution in [2.75, 3.05) is 24.7 Å². The summed E-state index contributed by atoms with van der Waals surface area (Å²) in [7, 11) is 3.30. The number of nitrogen functional groups attached to an aromatic ring is 1. The zero-order valence-electron chi connectivity index (χ0n) is 12.5. The minimum atomic E-state index is -0.637. The predicted octanol–water partition coefficient (Wildman–Crippen LogP) is 3.16. The zero-order chi connectivity index (χ0) is 17.3. The first kappa shape index (κ1) is 17.2. The van der Waals surface area contributed by atoms with Crippen molar-refractivity contribution in [1.29, 1.82) is 0 Å². The Balaban J connectivity index is 2.65. The van der Waals surface area contributed by atoms with Gasteiger partial charge in [0.15, 0.2) is 11.6 Å². The number of anilines is 2. The van der Waals surface area contributed by atoms with Crippen LogP contribution in [0.1, 0.15) is 6.92 Å². The molecule has 6 nitrogen and oxygen atoms in total. The van der Waals surface area contributed by atoms with Crippen LogP contribution in [0.15, 0.2) is 12.1 Å². The van der Waals surface area contributed by atoms with Crippen molar-refractivity contribution < 1.29 is 13.9 Å². The number of esters is 1. The number of rotatable bonds is 3. The van der Waals surface area contributed by atoms with Crippen LogP contribution in [0.2, 0.25) is 10.0 Å². The van der Waals surface area contributed by atoms with E-state index in [0.717, 1.165) is 0 Å². The van der Waals surface area contributed by atoms with Gasteiger partial charge in [0.2, 0.25) is 5.88 Å². The van der Waals surface area contributed by atoms with Gasteiger partial charge in [0.05, 0.1) is 16.3 Å². The SMILES string of the molecule is CC(=O)Oc1nc(-c2ccc(Cl)c(N(C)C)c2F)nc(N)c1Cl. The summed E-state index contributed by atoms with van der Waals surface area (Å²) in [4.78, 5) is 20.5. The molecule has 9 heteroatoms. The molecular weight excluding hydrogens is 346 g/mol. The van der Waals surface area contributed by atoms with Crippen LogP contribution in [-0.4, -0.2) is 30.0 Å². The molecule has 0 aliphatic heterocycles. The fourth-order valence-corrected chi connectivity index (χ4v) is 2.33. The smallest absolute Gasteiger partial charge is 0.309 e. The van der Waals surface area contributed by atoms with Crippen molar-refractivity contribution in [2.45, 2.75) is 6.92 Å². The van der Waals surface area contributed by atoms with Gasteiger partial charge in [-0.1, -0.05) is 23.2 Å². The van der Waals surface area contributed by atoms with E-state index in [1.165, 1.54) is 24.0 Å². The van der Waals surface area contributed by atoms with Gasteiger partial charge in [-0.15, -0.1) is 0 Å². The van der Waals surface area contributed by atoms with Gasteiger partial charge in [-0.05, 0) is 12.1 Å². The molecule has 2 N–H and O–H groups in total. The summed E-state index contributed by atoms with van der Waals surface area (Å²) in [5, 5.41) is 0.115. The van der Waals surface area contributed by atoms with Crippen LogP contribution < -0.4 is 15.4 Å². The molecule has 2 rings (SSSR count). The Hall–Kier alpha value is -2.12. The Labute approximate surface area is 142 Å². The van der Waals surface area contributed by atoms with Crippen molar-refractivity contribution in [1.82, 2.24) is 9.97 Å². The number of ether oxygens (including phenoxy) is 1. The lowest BCUT2D eigenvalue weighted by atomic mass is 10.1. The molecule has 0 amide bonds. The molecule has 1 heterocycles. The highest BCUT2D eigenvalue weighted by Gasteiger charge is 2.20. The first-order valence-corrected chi connectivity index (χ1v) is 7.15. The second kappa shape index (κ2) is 6.55. The average Bonchev–Trinajstić information content (AvgIpc) is 2.43. The Morgan fingerprint density at radius 2 is 1.96 bits per heavy atom. The Morgan fingerprint density at radius 3 is 2.52 bits per heavy atom. The normalized spacial score (nSPS) is 10.5.